The zero-order chi connectivity index (χ0) is 16.2. The van der Waals surface area contributed by atoms with Gasteiger partial charge < -0.3 is 4.74 Å². The van der Waals surface area contributed by atoms with Crippen molar-refractivity contribution in [3.63, 3.8) is 0 Å². The lowest BCUT2D eigenvalue weighted by atomic mass is 9.97. The van der Waals surface area contributed by atoms with Gasteiger partial charge in [0.25, 0.3) is 0 Å². The normalized spacial score (nSPS) is 11.6. The van der Waals surface area contributed by atoms with Gasteiger partial charge in [0.1, 0.15) is 5.75 Å². The summed E-state index contributed by atoms with van der Waals surface area (Å²) in [5.74, 6) is 0.290. The molecule has 0 amide bonds. The molecule has 114 valence electrons. The fourth-order valence-corrected chi connectivity index (χ4v) is 1.76. The minimum absolute atomic E-state index is 0.247. The fraction of sp³-hybridized carbons (Fsp3) is 0.263. The van der Waals surface area contributed by atoms with Crippen molar-refractivity contribution in [2.45, 2.75) is 27.7 Å². The van der Waals surface area contributed by atoms with E-state index >= 15 is 0 Å². The summed E-state index contributed by atoms with van der Waals surface area (Å²) in [5.41, 5.74) is 2.57. The highest BCUT2D eigenvalue weighted by Gasteiger charge is 2.23. The Morgan fingerprint density at radius 3 is 2.36 bits per heavy atom. The Morgan fingerprint density at radius 1 is 1.09 bits per heavy atom. The molecule has 0 saturated carbocycles. The van der Waals surface area contributed by atoms with E-state index in [0.717, 1.165) is 11.3 Å². The molecule has 0 fully saturated rings. The number of nitrogens with zero attached hydrogens (tertiary/aromatic N) is 1. The number of hydrogen-bond acceptors (Lipinski definition) is 3. The number of aryl methyl sites for hydroxylation is 1. The number of carbonyl (C=O) groups excluding carboxylic acids is 1. The molecule has 0 N–H and O–H groups in total. The molecule has 0 unspecified atom stereocenters. The number of esters is 1. The molecule has 0 atom stereocenters. The second kappa shape index (κ2) is 6.56. The summed E-state index contributed by atoms with van der Waals surface area (Å²) in [6, 6.07) is 15.3. The fourth-order valence-electron chi connectivity index (χ4n) is 1.76. The number of carbonyl (C=O) groups is 1. The first-order chi connectivity index (χ1) is 10.3. The van der Waals surface area contributed by atoms with Gasteiger partial charge in [0, 0.05) is 6.21 Å². The van der Waals surface area contributed by atoms with E-state index in [4.69, 9.17) is 4.74 Å². The van der Waals surface area contributed by atoms with Crippen molar-refractivity contribution in [1.82, 2.24) is 0 Å². The average molecular weight is 295 g/mol. The van der Waals surface area contributed by atoms with Gasteiger partial charge in [0.05, 0.1) is 11.1 Å². The van der Waals surface area contributed by atoms with E-state index in [9.17, 15) is 4.79 Å². The van der Waals surface area contributed by atoms with Crippen molar-refractivity contribution in [3.8, 4) is 5.75 Å². The van der Waals surface area contributed by atoms with Crippen LogP contribution in [0.3, 0.4) is 0 Å². The molecular formula is C19H21NO2. The highest BCUT2D eigenvalue weighted by molar-refractivity contribution is 5.82. The smallest absolute Gasteiger partial charge is 0.316 e. The van der Waals surface area contributed by atoms with Crippen LogP contribution in [-0.2, 0) is 4.79 Å². The predicted octanol–water partition coefficient (Wildman–Crippen LogP) is 4.70. The Balaban J connectivity index is 2.05. The van der Waals surface area contributed by atoms with Crippen molar-refractivity contribution in [2.75, 3.05) is 0 Å². The van der Waals surface area contributed by atoms with E-state index in [2.05, 4.69) is 24.0 Å². The van der Waals surface area contributed by atoms with Gasteiger partial charge in [-0.15, -0.1) is 0 Å². The molecule has 2 aromatic carbocycles. The SMILES string of the molecule is Cc1cccc(C=Nc2ccc(OC(=O)C(C)(C)C)cc2)c1. The third kappa shape index (κ3) is 4.55. The minimum atomic E-state index is -0.512. The molecular weight excluding hydrogens is 274 g/mol. The molecule has 0 aliphatic rings. The Hall–Kier alpha value is -2.42. The van der Waals surface area contributed by atoms with Crippen LogP contribution < -0.4 is 4.74 Å². The molecule has 22 heavy (non-hydrogen) atoms. The van der Waals surface area contributed by atoms with Crippen LogP contribution in [0.2, 0.25) is 0 Å². The van der Waals surface area contributed by atoms with Crippen LogP contribution in [0.25, 0.3) is 0 Å². The molecule has 0 bridgehead atoms. The lowest BCUT2D eigenvalue weighted by Gasteiger charge is -2.16. The molecule has 0 aliphatic carbocycles. The van der Waals surface area contributed by atoms with E-state index < -0.39 is 5.41 Å². The minimum Gasteiger partial charge on any atom is -0.426 e. The van der Waals surface area contributed by atoms with E-state index in [-0.39, 0.29) is 5.97 Å². The van der Waals surface area contributed by atoms with Crippen molar-refractivity contribution >= 4 is 17.9 Å². The largest absolute Gasteiger partial charge is 0.426 e. The van der Waals surface area contributed by atoms with Crippen LogP contribution in [0.4, 0.5) is 5.69 Å². The van der Waals surface area contributed by atoms with Gasteiger partial charge in [0.2, 0.25) is 0 Å². The zero-order valence-corrected chi connectivity index (χ0v) is 13.5. The van der Waals surface area contributed by atoms with E-state index in [0.29, 0.717) is 5.75 Å². The zero-order valence-electron chi connectivity index (χ0n) is 13.5. The standard InChI is InChI=1S/C19H21NO2/c1-14-6-5-7-15(12-14)13-20-16-8-10-17(11-9-16)22-18(21)19(2,3)4/h5-13H,1-4H3. The van der Waals surface area contributed by atoms with Crippen LogP contribution in [0.15, 0.2) is 53.5 Å². The number of aliphatic imine (C=N–C) groups is 1. The maximum Gasteiger partial charge on any atom is 0.316 e. The number of rotatable bonds is 3. The van der Waals surface area contributed by atoms with Gasteiger partial charge in [-0.3, -0.25) is 9.79 Å². The van der Waals surface area contributed by atoms with E-state index in [1.54, 1.807) is 12.1 Å². The molecule has 3 heteroatoms. The number of ether oxygens (including phenoxy) is 1. The Labute approximate surface area is 131 Å². The summed E-state index contributed by atoms with van der Waals surface area (Å²) >= 11 is 0. The highest BCUT2D eigenvalue weighted by atomic mass is 16.5. The average Bonchev–Trinajstić information content (AvgIpc) is 2.45. The van der Waals surface area contributed by atoms with E-state index in [1.807, 2.05) is 51.3 Å². The summed E-state index contributed by atoms with van der Waals surface area (Å²) < 4.78 is 5.32. The number of benzene rings is 2. The summed E-state index contributed by atoms with van der Waals surface area (Å²) in [4.78, 5) is 16.2. The molecule has 2 aromatic rings. The van der Waals surface area contributed by atoms with Crippen molar-refractivity contribution < 1.29 is 9.53 Å². The first-order valence-corrected chi connectivity index (χ1v) is 7.28. The molecule has 0 spiro atoms. The summed E-state index contributed by atoms with van der Waals surface area (Å²) in [6.45, 7) is 7.54. The summed E-state index contributed by atoms with van der Waals surface area (Å²) in [6.07, 6.45) is 1.82. The molecule has 2 rings (SSSR count). The van der Waals surface area contributed by atoms with Gasteiger partial charge in [-0.2, -0.15) is 0 Å². The second-order valence-electron chi connectivity index (χ2n) is 6.31. The van der Waals surface area contributed by atoms with Crippen LogP contribution in [0.5, 0.6) is 5.75 Å². The van der Waals surface area contributed by atoms with Crippen LogP contribution in [0.1, 0.15) is 31.9 Å². The van der Waals surface area contributed by atoms with Gasteiger partial charge in [0.15, 0.2) is 0 Å². The Bertz CT molecular complexity index is 679. The van der Waals surface area contributed by atoms with Crippen molar-refractivity contribution in [3.05, 3.63) is 59.7 Å². The lowest BCUT2D eigenvalue weighted by molar-refractivity contribution is -0.142. The molecule has 0 aliphatic heterocycles. The van der Waals surface area contributed by atoms with Gasteiger partial charge >= 0.3 is 5.97 Å². The predicted molar refractivity (Wildman–Crippen MR) is 90.0 cm³/mol. The van der Waals surface area contributed by atoms with Gasteiger partial charge in [-0.1, -0.05) is 29.8 Å². The highest BCUT2D eigenvalue weighted by Crippen LogP contribution is 2.22. The molecule has 3 nitrogen and oxygen atoms in total. The lowest BCUT2D eigenvalue weighted by Crippen LogP contribution is -2.25. The summed E-state index contributed by atoms with van der Waals surface area (Å²) in [7, 11) is 0. The van der Waals surface area contributed by atoms with Crippen molar-refractivity contribution in [2.24, 2.45) is 10.4 Å². The number of hydrogen-bond donors (Lipinski definition) is 0. The first-order valence-electron chi connectivity index (χ1n) is 7.28. The van der Waals surface area contributed by atoms with Crippen molar-refractivity contribution in [1.29, 1.82) is 0 Å². The van der Waals surface area contributed by atoms with Crippen LogP contribution in [0, 0.1) is 12.3 Å². The topological polar surface area (TPSA) is 38.7 Å². The quantitative estimate of drug-likeness (QED) is 0.468. The maximum absolute atomic E-state index is 11.8. The van der Waals surface area contributed by atoms with Crippen LogP contribution >= 0.6 is 0 Å². The monoisotopic (exact) mass is 295 g/mol. The second-order valence-corrected chi connectivity index (χ2v) is 6.31. The molecule has 0 aromatic heterocycles. The Kier molecular flexibility index (Phi) is 4.76. The summed E-state index contributed by atoms with van der Waals surface area (Å²) in [5, 5.41) is 0. The third-order valence-electron chi connectivity index (χ3n) is 3.06. The van der Waals surface area contributed by atoms with Gasteiger partial charge in [-0.25, -0.2) is 0 Å². The van der Waals surface area contributed by atoms with Crippen LogP contribution in [-0.4, -0.2) is 12.2 Å². The molecule has 0 radical (unpaired) electrons. The Morgan fingerprint density at radius 2 is 1.77 bits per heavy atom. The first kappa shape index (κ1) is 16.0. The maximum atomic E-state index is 11.8. The third-order valence-corrected chi connectivity index (χ3v) is 3.06. The van der Waals surface area contributed by atoms with E-state index in [1.165, 1.54) is 5.56 Å². The molecule has 0 heterocycles. The molecule has 0 saturated heterocycles. The van der Waals surface area contributed by atoms with Gasteiger partial charge in [-0.05, 0) is 57.5 Å².